The molecule has 1 aliphatic heterocycles. The Balaban J connectivity index is 1.80. The zero-order valence-electron chi connectivity index (χ0n) is 15.9. The van der Waals surface area contributed by atoms with Gasteiger partial charge in [0.2, 0.25) is 0 Å². The predicted octanol–water partition coefficient (Wildman–Crippen LogP) is 3.92. The topological polar surface area (TPSA) is 67.1 Å². The molecule has 5 heteroatoms. The molecule has 2 unspecified atom stereocenters. The number of hydrogen-bond acceptors (Lipinski definition) is 5. The number of nitrogens with one attached hydrogen (secondary N) is 1. The molecule has 3 rings (SSSR count). The number of aromatic nitrogens is 2. The van der Waals surface area contributed by atoms with Gasteiger partial charge < -0.3 is 16.0 Å². The third kappa shape index (κ3) is 3.45. The maximum atomic E-state index is 6.44. The molecule has 134 valence electrons. The number of nitrogens with zero attached hydrogens (tertiary/aromatic N) is 3. The number of anilines is 3. The molecule has 0 amide bonds. The summed E-state index contributed by atoms with van der Waals surface area (Å²) in [5.41, 5.74) is 7.91. The van der Waals surface area contributed by atoms with Crippen LogP contribution in [0.5, 0.6) is 0 Å². The van der Waals surface area contributed by atoms with Gasteiger partial charge in [0, 0.05) is 19.1 Å². The molecule has 2 aliphatic rings. The molecule has 2 atom stereocenters. The zero-order valence-corrected chi connectivity index (χ0v) is 15.9. The van der Waals surface area contributed by atoms with E-state index in [0.717, 1.165) is 31.1 Å². The van der Waals surface area contributed by atoms with Crippen LogP contribution in [0.15, 0.2) is 6.33 Å². The Labute approximate surface area is 146 Å². The first-order chi connectivity index (χ1) is 11.2. The summed E-state index contributed by atoms with van der Waals surface area (Å²) >= 11 is 0. The van der Waals surface area contributed by atoms with Crippen LogP contribution in [0.1, 0.15) is 60.3 Å². The van der Waals surface area contributed by atoms with Crippen molar-refractivity contribution in [3.63, 3.8) is 0 Å². The second kappa shape index (κ2) is 6.08. The van der Waals surface area contributed by atoms with Gasteiger partial charge in [0.15, 0.2) is 11.6 Å². The maximum Gasteiger partial charge on any atom is 0.157 e. The van der Waals surface area contributed by atoms with Crippen molar-refractivity contribution in [2.45, 2.75) is 66.3 Å². The van der Waals surface area contributed by atoms with E-state index < -0.39 is 0 Å². The standard InChI is InChI=1S/C19H33N5/c1-13(2)6-7-21-16-15(20)17(23-12-22-16)24-11-19(5)9-14(24)8-18(3,4)10-19/h12-14H,6-11,20H2,1-5H3,(H,21,22,23). The van der Waals surface area contributed by atoms with Crippen LogP contribution < -0.4 is 16.0 Å². The Morgan fingerprint density at radius 2 is 2.04 bits per heavy atom. The summed E-state index contributed by atoms with van der Waals surface area (Å²) in [4.78, 5) is 11.4. The van der Waals surface area contributed by atoms with Gasteiger partial charge in [-0.1, -0.05) is 34.6 Å². The number of nitrogens with two attached hydrogens (primary N) is 1. The second-order valence-electron chi connectivity index (χ2n) is 9.41. The monoisotopic (exact) mass is 331 g/mol. The molecule has 5 nitrogen and oxygen atoms in total. The molecule has 1 aliphatic carbocycles. The molecular formula is C19H33N5. The van der Waals surface area contributed by atoms with Crippen molar-refractivity contribution in [3.05, 3.63) is 6.33 Å². The molecule has 1 aromatic heterocycles. The SMILES string of the molecule is CC(C)CCNc1ncnc(N2CC3(C)CC2CC(C)(C)C3)c1N. The first kappa shape index (κ1) is 17.3. The van der Waals surface area contributed by atoms with Gasteiger partial charge >= 0.3 is 0 Å². The minimum atomic E-state index is 0.370. The molecule has 2 bridgehead atoms. The summed E-state index contributed by atoms with van der Waals surface area (Å²) in [7, 11) is 0. The first-order valence-corrected chi connectivity index (χ1v) is 9.30. The van der Waals surface area contributed by atoms with Crippen LogP contribution >= 0.6 is 0 Å². The minimum Gasteiger partial charge on any atom is -0.393 e. The molecule has 0 spiro atoms. The fourth-order valence-corrected chi connectivity index (χ4v) is 4.94. The summed E-state index contributed by atoms with van der Waals surface area (Å²) in [6, 6.07) is 0.541. The Morgan fingerprint density at radius 3 is 2.75 bits per heavy atom. The highest BCUT2D eigenvalue weighted by Crippen LogP contribution is 2.53. The molecule has 1 saturated carbocycles. The van der Waals surface area contributed by atoms with E-state index in [9.17, 15) is 0 Å². The minimum absolute atomic E-state index is 0.370. The lowest BCUT2D eigenvalue weighted by atomic mass is 9.65. The smallest absolute Gasteiger partial charge is 0.157 e. The summed E-state index contributed by atoms with van der Waals surface area (Å²) < 4.78 is 0. The number of rotatable bonds is 5. The number of hydrogen-bond donors (Lipinski definition) is 2. The van der Waals surface area contributed by atoms with Gasteiger partial charge in [-0.25, -0.2) is 9.97 Å². The normalized spacial score (nSPS) is 28.4. The summed E-state index contributed by atoms with van der Waals surface area (Å²) in [6.07, 6.45) is 6.49. The van der Waals surface area contributed by atoms with Crippen molar-refractivity contribution in [3.8, 4) is 0 Å². The lowest BCUT2D eigenvalue weighted by molar-refractivity contribution is 0.136. The summed E-state index contributed by atoms with van der Waals surface area (Å²) in [5, 5.41) is 3.39. The van der Waals surface area contributed by atoms with Crippen molar-refractivity contribution in [1.29, 1.82) is 0 Å². The fourth-order valence-electron chi connectivity index (χ4n) is 4.94. The number of fused-ring (bicyclic) bond motifs is 2. The van der Waals surface area contributed by atoms with Crippen molar-refractivity contribution in [1.82, 2.24) is 9.97 Å². The first-order valence-electron chi connectivity index (χ1n) is 9.30. The third-order valence-corrected chi connectivity index (χ3v) is 5.56. The molecule has 24 heavy (non-hydrogen) atoms. The highest BCUT2D eigenvalue weighted by molar-refractivity contribution is 5.75. The van der Waals surface area contributed by atoms with Crippen LogP contribution in [-0.4, -0.2) is 29.1 Å². The average molecular weight is 332 g/mol. The van der Waals surface area contributed by atoms with Crippen molar-refractivity contribution in [2.24, 2.45) is 16.7 Å². The summed E-state index contributed by atoms with van der Waals surface area (Å²) in [6.45, 7) is 13.6. The molecule has 0 radical (unpaired) electrons. The third-order valence-electron chi connectivity index (χ3n) is 5.56. The van der Waals surface area contributed by atoms with E-state index in [1.807, 2.05) is 0 Å². The highest BCUT2D eigenvalue weighted by Gasteiger charge is 2.50. The Kier molecular flexibility index (Phi) is 4.39. The van der Waals surface area contributed by atoms with E-state index in [1.165, 1.54) is 19.3 Å². The highest BCUT2D eigenvalue weighted by atomic mass is 15.3. The van der Waals surface area contributed by atoms with E-state index in [0.29, 0.717) is 28.5 Å². The van der Waals surface area contributed by atoms with Crippen LogP contribution in [0.3, 0.4) is 0 Å². The maximum absolute atomic E-state index is 6.44. The number of nitrogen functional groups attached to an aromatic ring is 1. The Hall–Kier alpha value is -1.52. The van der Waals surface area contributed by atoms with Gasteiger partial charge in [-0.15, -0.1) is 0 Å². The van der Waals surface area contributed by atoms with Gasteiger partial charge in [-0.05, 0) is 42.4 Å². The van der Waals surface area contributed by atoms with Crippen LogP contribution in [0.2, 0.25) is 0 Å². The van der Waals surface area contributed by atoms with Crippen LogP contribution in [0.25, 0.3) is 0 Å². The van der Waals surface area contributed by atoms with Gasteiger partial charge in [0.1, 0.15) is 12.0 Å². The largest absolute Gasteiger partial charge is 0.393 e. The zero-order chi connectivity index (χ0) is 17.5. The fraction of sp³-hybridized carbons (Fsp3) is 0.789. The van der Waals surface area contributed by atoms with Crippen molar-refractivity contribution >= 4 is 17.3 Å². The van der Waals surface area contributed by atoms with E-state index in [2.05, 4.69) is 54.8 Å². The summed E-state index contributed by atoms with van der Waals surface area (Å²) in [5.74, 6) is 2.37. The quantitative estimate of drug-likeness (QED) is 0.856. The van der Waals surface area contributed by atoms with Crippen LogP contribution in [-0.2, 0) is 0 Å². The van der Waals surface area contributed by atoms with Crippen LogP contribution in [0.4, 0.5) is 17.3 Å². The van der Waals surface area contributed by atoms with E-state index >= 15 is 0 Å². The van der Waals surface area contributed by atoms with Crippen LogP contribution in [0, 0.1) is 16.7 Å². The van der Waals surface area contributed by atoms with E-state index in [-0.39, 0.29) is 0 Å². The molecule has 1 saturated heterocycles. The molecule has 0 aromatic carbocycles. The van der Waals surface area contributed by atoms with Crippen molar-refractivity contribution in [2.75, 3.05) is 29.0 Å². The van der Waals surface area contributed by atoms with Gasteiger partial charge in [-0.3, -0.25) is 0 Å². The van der Waals surface area contributed by atoms with E-state index in [1.54, 1.807) is 6.33 Å². The average Bonchev–Trinajstić information content (AvgIpc) is 2.69. The van der Waals surface area contributed by atoms with E-state index in [4.69, 9.17) is 5.73 Å². The Bertz CT molecular complexity index is 597. The lowest BCUT2D eigenvalue weighted by Crippen LogP contribution is -2.35. The second-order valence-corrected chi connectivity index (χ2v) is 9.41. The molecule has 2 fully saturated rings. The predicted molar refractivity (Wildman–Crippen MR) is 101 cm³/mol. The lowest BCUT2D eigenvalue weighted by Gasteiger charge is -2.39. The molecular weight excluding hydrogens is 298 g/mol. The Morgan fingerprint density at radius 1 is 1.29 bits per heavy atom. The van der Waals surface area contributed by atoms with Gasteiger partial charge in [0.05, 0.1) is 0 Å². The molecule has 3 N–H and O–H groups in total. The molecule has 2 heterocycles. The molecule has 1 aromatic rings. The van der Waals surface area contributed by atoms with Crippen molar-refractivity contribution < 1.29 is 0 Å². The van der Waals surface area contributed by atoms with Gasteiger partial charge in [-0.2, -0.15) is 0 Å². The van der Waals surface area contributed by atoms with Gasteiger partial charge in [0.25, 0.3) is 0 Å².